The first kappa shape index (κ1) is 21.8. The lowest BCUT2D eigenvalue weighted by Crippen LogP contribution is -2.25. The van der Waals surface area contributed by atoms with E-state index in [-0.39, 0.29) is 0 Å². The highest BCUT2D eigenvalue weighted by Gasteiger charge is 2.23. The van der Waals surface area contributed by atoms with Gasteiger partial charge in [-0.25, -0.2) is 0 Å². The van der Waals surface area contributed by atoms with Gasteiger partial charge in [-0.15, -0.1) is 0 Å². The topological polar surface area (TPSA) is 86.7 Å². The Morgan fingerprint density at radius 3 is 1.32 bits per heavy atom. The summed E-state index contributed by atoms with van der Waals surface area (Å²) >= 11 is 0. The molecule has 2 atom stereocenters. The first-order valence-electron chi connectivity index (χ1n) is 7.93. The van der Waals surface area contributed by atoms with Crippen molar-refractivity contribution in [1.82, 2.24) is 0 Å². The molecule has 8 heteroatoms. The highest BCUT2D eigenvalue weighted by atomic mass is 32.2. The quantitative estimate of drug-likeness (QED) is 0.471. The van der Waals surface area contributed by atoms with E-state index in [2.05, 4.69) is 0 Å². The minimum Gasteiger partial charge on any atom is -0.267 e. The lowest BCUT2D eigenvalue weighted by atomic mass is 10.2. The molecule has 0 aromatic heterocycles. The van der Waals surface area contributed by atoms with Gasteiger partial charge in [-0.1, -0.05) is 39.5 Å². The molecule has 0 fully saturated rings. The van der Waals surface area contributed by atoms with E-state index in [0.29, 0.717) is 12.8 Å². The molecular weight excluding hydrogens is 328 g/mol. The van der Waals surface area contributed by atoms with E-state index in [9.17, 15) is 16.8 Å². The molecule has 0 N–H and O–H groups in total. The molecule has 0 aliphatic carbocycles. The minimum atomic E-state index is -3.86. The largest absolute Gasteiger partial charge is 0.268 e. The number of hydrogen-bond acceptors (Lipinski definition) is 6. The Morgan fingerprint density at radius 2 is 1.05 bits per heavy atom. The molecule has 0 aromatic rings. The van der Waals surface area contributed by atoms with Crippen LogP contribution >= 0.6 is 0 Å². The fraction of sp³-hybridized carbons (Fsp3) is 1.00. The summed E-state index contributed by atoms with van der Waals surface area (Å²) in [7, 11) is -7.71. The van der Waals surface area contributed by atoms with Crippen LogP contribution in [0.1, 0.15) is 66.2 Å². The second kappa shape index (κ2) is 10.6. The molecule has 0 rings (SSSR count). The lowest BCUT2D eigenvalue weighted by molar-refractivity contribution is 0.210. The van der Waals surface area contributed by atoms with Crippen LogP contribution in [-0.2, 0) is 28.6 Å². The summed E-state index contributed by atoms with van der Waals surface area (Å²) < 4.78 is 57.0. The summed E-state index contributed by atoms with van der Waals surface area (Å²) in [4.78, 5) is 0. The van der Waals surface area contributed by atoms with Gasteiger partial charge in [0.25, 0.3) is 20.2 Å². The molecular formula is C14H30O6S2. The molecule has 0 heterocycles. The van der Waals surface area contributed by atoms with Gasteiger partial charge in [0, 0.05) is 0 Å². The van der Waals surface area contributed by atoms with Crippen LogP contribution in [0.2, 0.25) is 0 Å². The van der Waals surface area contributed by atoms with Gasteiger partial charge < -0.3 is 0 Å². The highest BCUT2D eigenvalue weighted by Crippen LogP contribution is 2.11. The SMILES string of the molecule is CCCCC(C)OS(=O)(=O)CCS(=O)(=O)OC(C)CCCC. The van der Waals surface area contributed by atoms with Crippen molar-refractivity contribution >= 4 is 20.2 Å². The third-order valence-electron chi connectivity index (χ3n) is 3.13. The fourth-order valence-electron chi connectivity index (χ4n) is 1.88. The summed E-state index contributed by atoms with van der Waals surface area (Å²) in [5, 5.41) is 0. The van der Waals surface area contributed by atoms with Gasteiger partial charge in [0.1, 0.15) is 0 Å². The Morgan fingerprint density at radius 1 is 0.727 bits per heavy atom. The van der Waals surface area contributed by atoms with Crippen molar-refractivity contribution in [2.75, 3.05) is 11.5 Å². The second-order valence-electron chi connectivity index (χ2n) is 5.62. The van der Waals surface area contributed by atoms with E-state index >= 15 is 0 Å². The van der Waals surface area contributed by atoms with Crippen LogP contribution < -0.4 is 0 Å². The van der Waals surface area contributed by atoms with E-state index < -0.39 is 43.9 Å². The lowest BCUT2D eigenvalue weighted by Gasteiger charge is -2.14. The maximum Gasteiger partial charge on any atom is 0.268 e. The molecule has 0 aliphatic heterocycles. The zero-order chi connectivity index (χ0) is 17.2. The molecule has 2 unspecified atom stereocenters. The van der Waals surface area contributed by atoms with E-state index in [1.165, 1.54) is 0 Å². The van der Waals surface area contributed by atoms with Gasteiger partial charge in [0.15, 0.2) is 0 Å². The van der Waals surface area contributed by atoms with Crippen LogP contribution in [0.4, 0.5) is 0 Å². The Bertz CT molecular complexity index is 437. The summed E-state index contributed by atoms with van der Waals surface area (Å²) in [5.74, 6) is -1.15. The molecule has 0 saturated carbocycles. The van der Waals surface area contributed by atoms with Crippen LogP contribution in [0.15, 0.2) is 0 Å². The first-order valence-corrected chi connectivity index (χ1v) is 11.1. The minimum absolute atomic E-state index is 0.433. The Labute approximate surface area is 135 Å². The van der Waals surface area contributed by atoms with Crippen LogP contribution in [-0.4, -0.2) is 40.5 Å². The van der Waals surface area contributed by atoms with Crippen molar-refractivity contribution < 1.29 is 25.2 Å². The zero-order valence-electron chi connectivity index (χ0n) is 14.1. The van der Waals surface area contributed by atoms with Gasteiger partial charge in [0.2, 0.25) is 0 Å². The van der Waals surface area contributed by atoms with E-state index in [0.717, 1.165) is 25.7 Å². The zero-order valence-corrected chi connectivity index (χ0v) is 15.7. The molecule has 0 aliphatic rings. The highest BCUT2D eigenvalue weighted by molar-refractivity contribution is 7.90. The van der Waals surface area contributed by atoms with E-state index in [1.807, 2.05) is 13.8 Å². The molecule has 0 aromatic carbocycles. The van der Waals surface area contributed by atoms with Crippen LogP contribution in [0.25, 0.3) is 0 Å². The van der Waals surface area contributed by atoms with Crippen molar-refractivity contribution in [2.24, 2.45) is 0 Å². The average molecular weight is 359 g/mol. The average Bonchev–Trinajstić information content (AvgIpc) is 2.40. The fourth-order valence-corrected chi connectivity index (χ4v) is 4.90. The third-order valence-corrected chi connectivity index (χ3v) is 6.04. The molecule has 0 saturated heterocycles. The number of hydrogen-bond donors (Lipinski definition) is 0. The summed E-state index contributed by atoms with van der Waals surface area (Å²) in [6.45, 7) is 7.35. The Balaban J connectivity index is 4.33. The summed E-state index contributed by atoms with van der Waals surface area (Å²) in [5.41, 5.74) is 0. The van der Waals surface area contributed by atoms with Crippen LogP contribution in [0, 0.1) is 0 Å². The van der Waals surface area contributed by atoms with Crippen LogP contribution in [0.3, 0.4) is 0 Å². The third kappa shape index (κ3) is 11.4. The molecule has 0 amide bonds. The van der Waals surface area contributed by atoms with Crippen molar-refractivity contribution in [3.8, 4) is 0 Å². The molecule has 6 nitrogen and oxygen atoms in total. The van der Waals surface area contributed by atoms with E-state index in [4.69, 9.17) is 8.37 Å². The maximum absolute atomic E-state index is 11.8. The predicted molar refractivity (Wildman–Crippen MR) is 87.7 cm³/mol. The monoisotopic (exact) mass is 358 g/mol. The summed E-state index contributed by atoms with van der Waals surface area (Å²) in [6.07, 6.45) is 4.03. The van der Waals surface area contributed by atoms with Crippen molar-refractivity contribution in [3.05, 3.63) is 0 Å². The van der Waals surface area contributed by atoms with Crippen molar-refractivity contribution in [2.45, 2.75) is 78.4 Å². The normalized spacial score (nSPS) is 15.6. The smallest absolute Gasteiger partial charge is 0.267 e. The van der Waals surface area contributed by atoms with Crippen molar-refractivity contribution in [3.63, 3.8) is 0 Å². The Kier molecular flexibility index (Phi) is 10.5. The second-order valence-corrected chi connectivity index (χ2v) is 9.05. The molecule has 134 valence electrons. The first-order chi connectivity index (χ1) is 10.1. The van der Waals surface area contributed by atoms with Gasteiger partial charge in [-0.05, 0) is 26.7 Å². The van der Waals surface area contributed by atoms with Crippen molar-refractivity contribution in [1.29, 1.82) is 0 Å². The molecule has 0 bridgehead atoms. The summed E-state index contributed by atoms with van der Waals surface area (Å²) in [6, 6.07) is 0. The van der Waals surface area contributed by atoms with Gasteiger partial charge in [-0.2, -0.15) is 16.8 Å². The number of rotatable bonds is 13. The maximum atomic E-state index is 11.8. The molecule has 22 heavy (non-hydrogen) atoms. The van der Waals surface area contributed by atoms with E-state index in [1.54, 1.807) is 13.8 Å². The Hall–Kier alpha value is -0.180. The standard InChI is InChI=1S/C14H30O6S2/c1-5-7-9-13(3)19-21(15,16)11-12-22(17,18)20-14(4)10-8-6-2/h13-14H,5-12H2,1-4H3. The molecule has 0 spiro atoms. The molecule has 0 radical (unpaired) electrons. The predicted octanol–water partition coefficient (Wildman–Crippen LogP) is 2.84. The van der Waals surface area contributed by atoms with Gasteiger partial charge in [0.05, 0.1) is 23.7 Å². The van der Waals surface area contributed by atoms with Crippen LogP contribution in [0.5, 0.6) is 0 Å². The number of unbranched alkanes of at least 4 members (excludes halogenated alkanes) is 2. The van der Waals surface area contributed by atoms with Gasteiger partial charge >= 0.3 is 0 Å². The van der Waals surface area contributed by atoms with Gasteiger partial charge in [-0.3, -0.25) is 8.37 Å².